The fourth-order valence-corrected chi connectivity index (χ4v) is 2.80. The number of ether oxygens (including phenoxy) is 2. The van der Waals surface area contributed by atoms with E-state index in [1.807, 2.05) is 5.32 Å². The monoisotopic (exact) mass is 415 g/mol. The first-order chi connectivity index (χ1) is 14.3. The molecule has 30 heavy (non-hydrogen) atoms. The van der Waals surface area contributed by atoms with E-state index in [2.05, 4.69) is 0 Å². The van der Waals surface area contributed by atoms with E-state index in [0.29, 0.717) is 4.90 Å². The number of nitrogens with zero attached hydrogens (tertiary/aromatic N) is 2. The first-order valence-corrected chi connectivity index (χ1v) is 8.34. The van der Waals surface area contributed by atoms with Crippen molar-refractivity contribution in [3.05, 3.63) is 63.5 Å². The zero-order valence-corrected chi connectivity index (χ0v) is 15.7. The van der Waals surface area contributed by atoms with E-state index in [9.17, 15) is 28.9 Å². The van der Waals surface area contributed by atoms with Gasteiger partial charge in [-0.15, -0.1) is 0 Å². The highest BCUT2D eigenvalue weighted by Gasteiger charge is 2.37. The van der Waals surface area contributed by atoms with Crippen LogP contribution in [0.15, 0.2) is 42.0 Å². The van der Waals surface area contributed by atoms with Crippen LogP contribution in [0.4, 0.5) is 20.6 Å². The van der Waals surface area contributed by atoms with Crippen LogP contribution in [0.2, 0.25) is 0 Å². The molecule has 1 saturated heterocycles. The minimum Gasteiger partial charge on any atom is -0.496 e. The second-order valence-electron chi connectivity index (χ2n) is 5.96. The predicted octanol–water partition coefficient (Wildman–Crippen LogP) is 2.42. The summed E-state index contributed by atoms with van der Waals surface area (Å²) in [6.45, 7) is 0. The van der Waals surface area contributed by atoms with Crippen LogP contribution in [0.25, 0.3) is 6.08 Å². The number of rotatable bonds is 5. The first-order valence-electron chi connectivity index (χ1n) is 8.34. The molecular formula is C19H14FN3O7. The SMILES string of the molecule is COc1cc(OC)c([N+](=O)[O-])cc1/C=C1\C(=O)NC(=O)N(c2ccc(F)cc2)C1=O. The average molecular weight is 415 g/mol. The van der Waals surface area contributed by atoms with Crippen LogP contribution in [-0.4, -0.2) is 37.0 Å². The van der Waals surface area contributed by atoms with Gasteiger partial charge in [0.15, 0.2) is 0 Å². The first kappa shape index (κ1) is 20.5. The second kappa shape index (κ2) is 7.99. The minimum atomic E-state index is -1.01. The fraction of sp³-hybridized carbons (Fsp3) is 0.105. The molecule has 1 heterocycles. The van der Waals surface area contributed by atoms with Gasteiger partial charge in [-0.2, -0.15) is 0 Å². The molecule has 2 aromatic rings. The van der Waals surface area contributed by atoms with Crippen molar-refractivity contribution in [2.75, 3.05) is 19.1 Å². The van der Waals surface area contributed by atoms with E-state index in [0.717, 1.165) is 24.3 Å². The van der Waals surface area contributed by atoms with Crippen LogP contribution in [0.3, 0.4) is 0 Å². The van der Waals surface area contributed by atoms with Gasteiger partial charge in [-0.1, -0.05) is 0 Å². The normalized spacial score (nSPS) is 15.2. The molecule has 1 fully saturated rings. The zero-order valence-electron chi connectivity index (χ0n) is 15.7. The summed E-state index contributed by atoms with van der Waals surface area (Å²) in [6.07, 6.45) is 1.06. The molecule has 1 N–H and O–H groups in total. The summed E-state index contributed by atoms with van der Waals surface area (Å²) in [5.74, 6) is -2.55. The van der Waals surface area contributed by atoms with Gasteiger partial charge in [0.25, 0.3) is 11.8 Å². The summed E-state index contributed by atoms with van der Waals surface area (Å²) in [4.78, 5) is 48.6. The van der Waals surface area contributed by atoms with Crippen LogP contribution in [0.5, 0.6) is 11.5 Å². The molecule has 0 saturated carbocycles. The molecule has 0 atom stereocenters. The maximum Gasteiger partial charge on any atom is 0.335 e. The van der Waals surface area contributed by atoms with Gasteiger partial charge in [0.05, 0.1) is 24.8 Å². The largest absolute Gasteiger partial charge is 0.496 e. The van der Waals surface area contributed by atoms with E-state index in [-0.39, 0.29) is 22.7 Å². The molecule has 11 heteroatoms. The number of nitro benzene ring substituents is 1. The molecule has 0 radical (unpaired) electrons. The van der Waals surface area contributed by atoms with Crippen LogP contribution >= 0.6 is 0 Å². The van der Waals surface area contributed by atoms with E-state index >= 15 is 0 Å². The molecule has 3 rings (SSSR count). The molecule has 10 nitrogen and oxygen atoms in total. The second-order valence-corrected chi connectivity index (χ2v) is 5.96. The lowest BCUT2D eigenvalue weighted by atomic mass is 10.0. The van der Waals surface area contributed by atoms with Crippen molar-refractivity contribution in [2.24, 2.45) is 0 Å². The number of urea groups is 1. The fourth-order valence-electron chi connectivity index (χ4n) is 2.80. The van der Waals surface area contributed by atoms with Crippen LogP contribution < -0.4 is 19.7 Å². The smallest absolute Gasteiger partial charge is 0.335 e. The number of nitrogens with one attached hydrogen (secondary N) is 1. The minimum absolute atomic E-state index is 0.0324. The number of imide groups is 2. The van der Waals surface area contributed by atoms with Crippen molar-refractivity contribution in [2.45, 2.75) is 0 Å². The average Bonchev–Trinajstić information content (AvgIpc) is 2.71. The molecule has 1 aliphatic rings. The Morgan fingerprint density at radius 1 is 1.07 bits per heavy atom. The molecule has 0 bridgehead atoms. The Labute approximate surface area is 168 Å². The summed E-state index contributed by atoms with van der Waals surface area (Å²) in [6, 6.07) is 5.78. The lowest BCUT2D eigenvalue weighted by Crippen LogP contribution is -2.54. The Hall–Kier alpha value is -4.28. The Kier molecular flexibility index (Phi) is 5.45. The van der Waals surface area contributed by atoms with Gasteiger partial charge in [-0.3, -0.25) is 25.0 Å². The van der Waals surface area contributed by atoms with Crippen LogP contribution in [0, 0.1) is 15.9 Å². The number of barbiturate groups is 1. The molecule has 0 spiro atoms. The van der Waals surface area contributed by atoms with E-state index < -0.39 is 39.8 Å². The number of hydrogen-bond donors (Lipinski definition) is 1. The number of hydrogen-bond acceptors (Lipinski definition) is 7. The number of methoxy groups -OCH3 is 2. The van der Waals surface area contributed by atoms with Gasteiger partial charge in [0.2, 0.25) is 5.75 Å². The summed E-state index contributed by atoms with van der Waals surface area (Å²) >= 11 is 0. The topological polar surface area (TPSA) is 128 Å². The number of amides is 4. The molecule has 0 aromatic heterocycles. The van der Waals surface area contributed by atoms with Crippen molar-refractivity contribution < 1.29 is 33.2 Å². The zero-order chi connectivity index (χ0) is 22.0. The highest BCUT2D eigenvalue weighted by molar-refractivity contribution is 6.39. The van der Waals surface area contributed by atoms with Crippen molar-refractivity contribution in [1.29, 1.82) is 0 Å². The Morgan fingerprint density at radius 2 is 1.70 bits per heavy atom. The van der Waals surface area contributed by atoms with E-state index in [4.69, 9.17) is 9.47 Å². The van der Waals surface area contributed by atoms with Crippen LogP contribution in [-0.2, 0) is 9.59 Å². The standard InChI is InChI=1S/C19H14FN3O7/c1-29-15-9-16(30-2)14(23(27)28)8-10(15)7-13-17(24)21-19(26)22(18(13)25)12-5-3-11(20)4-6-12/h3-9H,1-2H3,(H,21,24,26)/b13-7+. The van der Waals surface area contributed by atoms with Crippen LogP contribution in [0.1, 0.15) is 5.56 Å². The number of carbonyl (C=O) groups is 3. The van der Waals surface area contributed by atoms with Gasteiger partial charge in [0, 0.05) is 17.7 Å². The quantitative estimate of drug-likeness (QED) is 0.344. The lowest BCUT2D eigenvalue weighted by molar-refractivity contribution is -0.385. The van der Waals surface area contributed by atoms with Gasteiger partial charge in [-0.25, -0.2) is 14.1 Å². The highest BCUT2D eigenvalue weighted by Crippen LogP contribution is 2.36. The van der Waals surface area contributed by atoms with Crippen molar-refractivity contribution >= 4 is 35.3 Å². The maximum atomic E-state index is 13.2. The summed E-state index contributed by atoms with van der Waals surface area (Å²) < 4.78 is 23.3. The summed E-state index contributed by atoms with van der Waals surface area (Å²) in [5.41, 5.74) is -0.821. The molecule has 1 aliphatic heterocycles. The van der Waals surface area contributed by atoms with Gasteiger partial charge in [-0.05, 0) is 30.3 Å². The number of benzene rings is 2. The maximum absolute atomic E-state index is 13.2. The van der Waals surface area contributed by atoms with Crippen molar-refractivity contribution in [3.63, 3.8) is 0 Å². The predicted molar refractivity (Wildman–Crippen MR) is 102 cm³/mol. The third-order valence-corrected chi connectivity index (χ3v) is 4.21. The van der Waals surface area contributed by atoms with Gasteiger partial charge >= 0.3 is 11.7 Å². The molecule has 4 amide bonds. The number of anilines is 1. The van der Waals surface area contributed by atoms with Crippen molar-refractivity contribution in [1.82, 2.24) is 5.32 Å². The van der Waals surface area contributed by atoms with Crippen molar-refractivity contribution in [3.8, 4) is 11.5 Å². The number of nitro groups is 1. The molecular weight excluding hydrogens is 401 g/mol. The lowest BCUT2D eigenvalue weighted by Gasteiger charge is -2.26. The molecule has 0 unspecified atom stereocenters. The molecule has 2 aromatic carbocycles. The Morgan fingerprint density at radius 3 is 2.27 bits per heavy atom. The summed E-state index contributed by atoms with van der Waals surface area (Å²) in [5, 5.41) is 13.3. The van der Waals surface area contributed by atoms with E-state index in [1.54, 1.807) is 0 Å². The number of carbonyl (C=O) groups excluding carboxylic acids is 3. The van der Waals surface area contributed by atoms with Gasteiger partial charge < -0.3 is 9.47 Å². The third kappa shape index (κ3) is 3.68. The highest BCUT2D eigenvalue weighted by atomic mass is 19.1. The third-order valence-electron chi connectivity index (χ3n) is 4.21. The Bertz CT molecular complexity index is 1100. The molecule has 0 aliphatic carbocycles. The number of halogens is 1. The Balaban J connectivity index is 2.11. The summed E-state index contributed by atoms with van der Waals surface area (Å²) in [7, 11) is 2.53. The van der Waals surface area contributed by atoms with Gasteiger partial charge in [0.1, 0.15) is 17.1 Å². The molecule has 154 valence electrons. The van der Waals surface area contributed by atoms with E-state index in [1.165, 1.54) is 32.4 Å².